The monoisotopic (exact) mass is 342 g/mol. The maximum Gasteiger partial charge on any atom is 0.416 e. The molecule has 0 unspecified atom stereocenters. The van der Waals surface area contributed by atoms with Crippen molar-refractivity contribution in [3.05, 3.63) is 69.2 Å². The summed E-state index contributed by atoms with van der Waals surface area (Å²) >= 11 is 3.27. The normalized spacial score (nSPS) is 11.4. The van der Waals surface area contributed by atoms with Gasteiger partial charge in [-0.3, -0.25) is 4.79 Å². The number of aryl methyl sites for hydroxylation is 1. The lowest BCUT2D eigenvalue weighted by atomic mass is 10.0. The fourth-order valence-electron chi connectivity index (χ4n) is 1.78. The molecule has 5 heteroatoms. The lowest BCUT2D eigenvalue weighted by Crippen LogP contribution is -2.07. The van der Waals surface area contributed by atoms with Crippen LogP contribution in [0.15, 0.2) is 46.9 Å². The van der Waals surface area contributed by atoms with Crippen LogP contribution < -0.4 is 0 Å². The second-order valence-corrected chi connectivity index (χ2v) is 5.24. The van der Waals surface area contributed by atoms with Gasteiger partial charge < -0.3 is 0 Å². The van der Waals surface area contributed by atoms with Gasteiger partial charge in [-0.15, -0.1) is 0 Å². The van der Waals surface area contributed by atoms with Crippen LogP contribution in [0.25, 0.3) is 0 Å². The summed E-state index contributed by atoms with van der Waals surface area (Å²) in [5, 5.41) is 0. The van der Waals surface area contributed by atoms with Gasteiger partial charge in [-0.1, -0.05) is 39.7 Å². The predicted molar refractivity (Wildman–Crippen MR) is 73.8 cm³/mol. The van der Waals surface area contributed by atoms with E-state index in [4.69, 9.17) is 0 Å². The Balaban J connectivity index is 2.37. The van der Waals surface area contributed by atoms with E-state index in [0.29, 0.717) is 10.0 Å². The third-order valence-electron chi connectivity index (χ3n) is 2.84. The van der Waals surface area contributed by atoms with Crippen molar-refractivity contribution in [1.82, 2.24) is 0 Å². The minimum atomic E-state index is -4.40. The largest absolute Gasteiger partial charge is 0.416 e. The van der Waals surface area contributed by atoms with Gasteiger partial charge in [0.05, 0.1) is 5.56 Å². The van der Waals surface area contributed by atoms with Gasteiger partial charge in [0.15, 0.2) is 5.78 Å². The van der Waals surface area contributed by atoms with Crippen molar-refractivity contribution in [1.29, 1.82) is 0 Å². The summed E-state index contributed by atoms with van der Waals surface area (Å²) in [6, 6.07) is 9.50. The average molecular weight is 343 g/mol. The molecule has 0 radical (unpaired) electrons. The van der Waals surface area contributed by atoms with Gasteiger partial charge in [0.25, 0.3) is 0 Å². The molecule has 2 aromatic rings. The first-order chi connectivity index (χ1) is 9.29. The molecule has 0 spiro atoms. The molecular formula is C15H10BrF3O. The van der Waals surface area contributed by atoms with Crippen LogP contribution in [-0.2, 0) is 6.18 Å². The van der Waals surface area contributed by atoms with Crippen molar-refractivity contribution in [2.45, 2.75) is 13.1 Å². The van der Waals surface area contributed by atoms with E-state index in [9.17, 15) is 18.0 Å². The van der Waals surface area contributed by atoms with Gasteiger partial charge in [0, 0.05) is 15.6 Å². The molecule has 0 N–H and O–H groups in total. The van der Waals surface area contributed by atoms with Crippen molar-refractivity contribution in [3.63, 3.8) is 0 Å². The van der Waals surface area contributed by atoms with Crippen molar-refractivity contribution in [3.8, 4) is 0 Å². The van der Waals surface area contributed by atoms with Gasteiger partial charge in [-0.25, -0.2) is 0 Å². The van der Waals surface area contributed by atoms with Gasteiger partial charge in [0.2, 0.25) is 0 Å². The van der Waals surface area contributed by atoms with E-state index in [1.165, 1.54) is 12.1 Å². The van der Waals surface area contributed by atoms with Crippen LogP contribution in [0.1, 0.15) is 27.0 Å². The van der Waals surface area contributed by atoms with Gasteiger partial charge in [-0.2, -0.15) is 13.2 Å². The number of hydrogen-bond acceptors (Lipinski definition) is 1. The third-order valence-corrected chi connectivity index (χ3v) is 3.53. The molecule has 0 saturated heterocycles. The van der Waals surface area contributed by atoms with Crippen molar-refractivity contribution in [2.75, 3.05) is 0 Å². The summed E-state index contributed by atoms with van der Waals surface area (Å²) < 4.78 is 38.0. The van der Waals surface area contributed by atoms with Gasteiger partial charge in [0.1, 0.15) is 0 Å². The molecule has 104 valence electrons. The Bertz CT molecular complexity index is 645. The fourth-order valence-corrected chi connectivity index (χ4v) is 2.21. The van der Waals surface area contributed by atoms with Gasteiger partial charge in [-0.05, 0) is 31.2 Å². The summed E-state index contributed by atoms with van der Waals surface area (Å²) in [5.74, 6) is -0.311. The maximum atomic E-state index is 12.5. The molecule has 0 fully saturated rings. The number of carbonyl (C=O) groups excluding carboxylic acids is 1. The molecule has 2 aromatic carbocycles. The highest BCUT2D eigenvalue weighted by Crippen LogP contribution is 2.30. The van der Waals surface area contributed by atoms with Crippen molar-refractivity contribution in [2.24, 2.45) is 0 Å². The first-order valence-electron chi connectivity index (χ1n) is 5.77. The van der Waals surface area contributed by atoms with Crippen LogP contribution in [0, 0.1) is 6.92 Å². The molecule has 2 rings (SSSR count). The third kappa shape index (κ3) is 3.10. The van der Waals surface area contributed by atoms with Crippen LogP contribution in [0.4, 0.5) is 13.2 Å². The van der Waals surface area contributed by atoms with E-state index in [2.05, 4.69) is 15.9 Å². The molecule has 0 heterocycles. The van der Waals surface area contributed by atoms with Crippen molar-refractivity contribution < 1.29 is 18.0 Å². The molecule has 0 amide bonds. The molecule has 0 aliphatic carbocycles. The minimum Gasteiger partial charge on any atom is -0.289 e. The first-order valence-corrected chi connectivity index (χ1v) is 6.56. The summed E-state index contributed by atoms with van der Waals surface area (Å²) in [5.41, 5.74) is 0.801. The molecule has 0 atom stereocenters. The molecular weight excluding hydrogens is 333 g/mol. The Morgan fingerprint density at radius 3 is 2.20 bits per heavy atom. The number of alkyl halides is 3. The SMILES string of the molecule is Cc1ccc(Br)c(C(=O)c2ccc(C(F)(F)F)cc2)c1. The topological polar surface area (TPSA) is 17.1 Å². The second kappa shape index (κ2) is 5.40. The lowest BCUT2D eigenvalue weighted by Gasteiger charge is -2.08. The van der Waals surface area contributed by atoms with Crippen LogP contribution in [0.5, 0.6) is 0 Å². The fraction of sp³-hybridized carbons (Fsp3) is 0.133. The quantitative estimate of drug-likeness (QED) is 0.701. The number of halogens is 4. The van der Waals surface area contributed by atoms with E-state index >= 15 is 0 Å². The van der Waals surface area contributed by atoms with Crippen molar-refractivity contribution >= 4 is 21.7 Å². The minimum absolute atomic E-state index is 0.226. The van der Waals surface area contributed by atoms with Crippen LogP contribution in [0.2, 0.25) is 0 Å². The molecule has 0 aliphatic rings. The zero-order valence-electron chi connectivity index (χ0n) is 10.5. The van der Waals surface area contributed by atoms with Crippen LogP contribution in [0.3, 0.4) is 0 Å². The van der Waals surface area contributed by atoms with E-state index in [1.54, 1.807) is 12.1 Å². The molecule has 0 aromatic heterocycles. The highest BCUT2D eigenvalue weighted by atomic mass is 79.9. The Kier molecular flexibility index (Phi) is 3.99. The molecule has 0 bridgehead atoms. The Hall–Kier alpha value is -1.62. The zero-order chi connectivity index (χ0) is 14.9. The van der Waals surface area contributed by atoms with E-state index < -0.39 is 11.7 Å². The number of hydrogen-bond donors (Lipinski definition) is 0. The molecule has 0 aliphatic heterocycles. The first kappa shape index (κ1) is 14.8. The lowest BCUT2D eigenvalue weighted by molar-refractivity contribution is -0.137. The Labute approximate surface area is 122 Å². The average Bonchev–Trinajstić information content (AvgIpc) is 2.40. The second-order valence-electron chi connectivity index (χ2n) is 4.39. The summed E-state index contributed by atoms with van der Waals surface area (Å²) in [6.45, 7) is 1.84. The summed E-state index contributed by atoms with van der Waals surface area (Å²) in [6.07, 6.45) is -4.40. The predicted octanol–water partition coefficient (Wildman–Crippen LogP) is 5.01. The zero-order valence-corrected chi connectivity index (χ0v) is 12.0. The summed E-state index contributed by atoms with van der Waals surface area (Å²) in [7, 11) is 0. The standard InChI is InChI=1S/C15H10BrF3O/c1-9-2-7-13(16)12(8-9)14(20)10-3-5-11(6-4-10)15(17,18)19/h2-8H,1H3. The highest BCUT2D eigenvalue weighted by molar-refractivity contribution is 9.10. The molecule has 1 nitrogen and oxygen atoms in total. The molecule has 20 heavy (non-hydrogen) atoms. The Morgan fingerprint density at radius 1 is 1.05 bits per heavy atom. The highest BCUT2D eigenvalue weighted by Gasteiger charge is 2.30. The van der Waals surface area contributed by atoms with Crippen LogP contribution in [-0.4, -0.2) is 5.78 Å². The number of ketones is 1. The van der Waals surface area contributed by atoms with E-state index in [1.807, 2.05) is 13.0 Å². The number of carbonyl (C=O) groups is 1. The van der Waals surface area contributed by atoms with Gasteiger partial charge >= 0.3 is 6.18 Å². The van der Waals surface area contributed by atoms with Crippen LogP contribution >= 0.6 is 15.9 Å². The summed E-state index contributed by atoms with van der Waals surface area (Å²) in [4.78, 5) is 12.3. The maximum absolute atomic E-state index is 12.5. The smallest absolute Gasteiger partial charge is 0.289 e. The molecule has 0 saturated carbocycles. The van der Waals surface area contributed by atoms with E-state index in [-0.39, 0.29) is 11.3 Å². The Morgan fingerprint density at radius 2 is 1.65 bits per heavy atom. The number of rotatable bonds is 2. The van der Waals surface area contributed by atoms with E-state index in [0.717, 1.165) is 17.7 Å². The number of benzene rings is 2.